The zero-order valence-corrected chi connectivity index (χ0v) is 13.9. The molecule has 6 heteroatoms. The highest BCUT2D eigenvalue weighted by Crippen LogP contribution is 2.32. The number of hydrogen-bond acceptors (Lipinski definition) is 5. The number of rotatable bonds is 6. The fraction of sp³-hybridized carbons (Fsp3) is 0.333. The van der Waals surface area contributed by atoms with Crippen LogP contribution in [0.15, 0.2) is 36.4 Å². The Morgan fingerprint density at radius 1 is 1.21 bits per heavy atom. The van der Waals surface area contributed by atoms with Crippen molar-refractivity contribution in [2.45, 2.75) is 19.9 Å². The quantitative estimate of drug-likeness (QED) is 0.492. The fourth-order valence-corrected chi connectivity index (χ4v) is 2.15. The molecule has 0 fully saturated rings. The number of methoxy groups -OCH3 is 1. The third-order valence-corrected chi connectivity index (χ3v) is 3.46. The van der Waals surface area contributed by atoms with Gasteiger partial charge in [-0.25, -0.2) is 4.79 Å². The third kappa shape index (κ3) is 4.62. The molecule has 1 aromatic rings. The average molecular weight is 331 g/mol. The fourth-order valence-electron chi connectivity index (χ4n) is 2.15. The van der Waals surface area contributed by atoms with Crippen LogP contribution in [0, 0.1) is 5.92 Å². The molecule has 1 aliphatic rings. The van der Waals surface area contributed by atoms with Crippen LogP contribution in [0.25, 0.3) is 6.08 Å². The number of ether oxygens (including phenoxy) is 3. The van der Waals surface area contributed by atoms with Gasteiger partial charge in [0.2, 0.25) is 12.7 Å². The molecule has 1 N–H and O–H groups in total. The predicted molar refractivity (Wildman–Crippen MR) is 89.5 cm³/mol. The molecular formula is C18H21NO5. The van der Waals surface area contributed by atoms with Crippen LogP contribution in [0.2, 0.25) is 0 Å². The predicted octanol–water partition coefficient (Wildman–Crippen LogP) is 2.30. The number of hydrogen-bond donors (Lipinski definition) is 1. The third-order valence-electron chi connectivity index (χ3n) is 3.46. The van der Waals surface area contributed by atoms with Crippen molar-refractivity contribution < 1.29 is 23.8 Å². The van der Waals surface area contributed by atoms with E-state index in [0.717, 1.165) is 11.3 Å². The van der Waals surface area contributed by atoms with Gasteiger partial charge >= 0.3 is 5.97 Å². The van der Waals surface area contributed by atoms with Crippen LogP contribution in [0.1, 0.15) is 19.4 Å². The van der Waals surface area contributed by atoms with Crippen molar-refractivity contribution in [2.75, 3.05) is 13.9 Å². The first kappa shape index (κ1) is 17.6. The monoisotopic (exact) mass is 331 g/mol. The molecule has 24 heavy (non-hydrogen) atoms. The molecule has 0 spiro atoms. The number of allylic oxidation sites excluding steroid dienone is 2. The lowest BCUT2D eigenvalue weighted by molar-refractivity contribution is -0.145. The van der Waals surface area contributed by atoms with Crippen LogP contribution in [0.4, 0.5) is 0 Å². The number of benzene rings is 1. The van der Waals surface area contributed by atoms with Gasteiger partial charge in [-0.3, -0.25) is 4.79 Å². The zero-order valence-electron chi connectivity index (χ0n) is 13.9. The van der Waals surface area contributed by atoms with E-state index in [2.05, 4.69) is 10.1 Å². The molecule has 6 nitrogen and oxygen atoms in total. The SMILES string of the molecule is COC(=O)[C@@H](NC(=O)/C=C/C=C/c1ccc2c(c1)OCO2)C(C)C. The van der Waals surface area contributed by atoms with E-state index in [4.69, 9.17) is 9.47 Å². The van der Waals surface area contributed by atoms with E-state index in [1.807, 2.05) is 38.1 Å². The van der Waals surface area contributed by atoms with Crippen molar-refractivity contribution in [1.82, 2.24) is 5.32 Å². The summed E-state index contributed by atoms with van der Waals surface area (Å²) in [5.41, 5.74) is 0.930. The number of carbonyl (C=O) groups is 2. The number of carbonyl (C=O) groups excluding carboxylic acids is 2. The Balaban J connectivity index is 1.90. The zero-order chi connectivity index (χ0) is 17.5. The molecule has 0 aliphatic carbocycles. The van der Waals surface area contributed by atoms with Crippen LogP contribution < -0.4 is 14.8 Å². The summed E-state index contributed by atoms with van der Waals surface area (Å²) < 4.78 is 15.2. The molecule has 0 radical (unpaired) electrons. The molecule has 1 aromatic carbocycles. The standard InChI is InChI=1S/C18H21NO5/c1-12(2)17(18(21)22-3)19-16(20)7-5-4-6-13-8-9-14-15(10-13)24-11-23-14/h4-10,12,17H,11H2,1-3H3,(H,19,20)/b6-4+,7-5+/t17-/m0/s1. The second kappa shape index (κ2) is 8.19. The average Bonchev–Trinajstić information content (AvgIpc) is 3.03. The van der Waals surface area contributed by atoms with Gasteiger partial charge in [0.25, 0.3) is 0 Å². The Labute approximate surface area is 141 Å². The first-order chi connectivity index (χ1) is 11.5. The molecule has 1 amide bonds. The van der Waals surface area contributed by atoms with Gasteiger partial charge in [0.1, 0.15) is 6.04 Å². The summed E-state index contributed by atoms with van der Waals surface area (Å²) in [6.45, 7) is 3.91. The molecule has 128 valence electrons. The maximum atomic E-state index is 11.9. The lowest BCUT2D eigenvalue weighted by Crippen LogP contribution is -2.44. The van der Waals surface area contributed by atoms with E-state index in [1.165, 1.54) is 13.2 Å². The van der Waals surface area contributed by atoms with Gasteiger partial charge in [0, 0.05) is 6.08 Å². The highest BCUT2D eigenvalue weighted by atomic mass is 16.7. The minimum atomic E-state index is -0.662. The van der Waals surface area contributed by atoms with Crippen molar-refractivity contribution in [3.05, 3.63) is 42.0 Å². The van der Waals surface area contributed by atoms with E-state index in [-0.39, 0.29) is 18.6 Å². The molecule has 0 unspecified atom stereocenters. The summed E-state index contributed by atoms with van der Waals surface area (Å²) >= 11 is 0. The molecule has 1 aliphatic heterocycles. The van der Waals surface area contributed by atoms with E-state index < -0.39 is 12.0 Å². The van der Waals surface area contributed by atoms with E-state index in [0.29, 0.717) is 5.75 Å². The number of esters is 1. The summed E-state index contributed by atoms with van der Waals surface area (Å²) in [5, 5.41) is 2.63. The Morgan fingerprint density at radius 3 is 2.67 bits per heavy atom. The second-order valence-corrected chi connectivity index (χ2v) is 5.58. The van der Waals surface area contributed by atoms with Crippen molar-refractivity contribution >= 4 is 18.0 Å². The summed E-state index contributed by atoms with van der Waals surface area (Å²) in [6.07, 6.45) is 6.54. The summed E-state index contributed by atoms with van der Waals surface area (Å²) in [6, 6.07) is 4.93. The smallest absolute Gasteiger partial charge is 0.328 e. The summed E-state index contributed by atoms with van der Waals surface area (Å²) in [5.74, 6) is 0.567. The number of fused-ring (bicyclic) bond motifs is 1. The minimum absolute atomic E-state index is 0.0565. The lowest BCUT2D eigenvalue weighted by atomic mass is 10.0. The molecule has 0 saturated heterocycles. The van der Waals surface area contributed by atoms with Crippen molar-refractivity contribution in [2.24, 2.45) is 5.92 Å². The molecule has 0 aromatic heterocycles. The first-order valence-electron chi connectivity index (χ1n) is 7.64. The van der Waals surface area contributed by atoms with Crippen molar-refractivity contribution in [3.63, 3.8) is 0 Å². The number of nitrogens with one attached hydrogen (secondary N) is 1. The Hall–Kier alpha value is -2.76. The largest absolute Gasteiger partial charge is 0.467 e. The number of amides is 1. The van der Waals surface area contributed by atoms with E-state index in [1.54, 1.807) is 12.2 Å². The van der Waals surface area contributed by atoms with Gasteiger partial charge in [-0.2, -0.15) is 0 Å². The molecule has 1 heterocycles. The van der Waals surface area contributed by atoms with Gasteiger partial charge in [-0.1, -0.05) is 38.1 Å². The van der Waals surface area contributed by atoms with Gasteiger partial charge in [-0.15, -0.1) is 0 Å². The molecule has 1 atom stereocenters. The molecule has 0 bridgehead atoms. The van der Waals surface area contributed by atoms with Gasteiger partial charge in [0.15, 0.2) is 11.5 Å². The molecule has 2 rings (SSSR count). The van der Waals surface area contributed by atoms with Crippen LogP contribution >= 0.6 is 0 Å². The maximum Gasteiger partial charge on any atom is 0.328 e. The normalized spacial score (nSPS) is 14.3. The van der Waals surface area contributed by atoms with Crippen LogP contribution in [-0.2, 0) is 14.3 Å². The van der Waals surface area contributed by atoms with E-state index in [9.17, 15) is 9.59 Å². The van der Waals surface area contributed by atoms with Crippen LogP contribution in [-0.4, -0.2) is 31.8 Å². The maximum absolute atomic E-state index is 11.9. The van der Waals surface area contributed by atoms with Gasteiger partial charge in [-0.05, 0) is 23.6 Å². The lowest BCUT2D eigenvalue weighted by Gasteiger charge is -2.18. The minimum Gasteiger partial charge on any atom is -0.467 e. The van der Waals surface area contributed by atoms with Crippen LogP contribution in [0.5, 0.6) is 11.5 Å². The van der Waals surface area contributed by atoms with Gasteiger partial charge < -0.3 is 19.5 Å². The summed E-state index contributed by atoms with van der Waals surface area (Å²) in [7, 11) is 1.30. The topological polar surface area (TPSA) is 73.9 Å². The van der Waals surface area contributed by atoms with Crippen molar-refractivity contribution in [1.29, 1.82) is 0 Å². The van der Waals surface area contributed by atoms with Crippen molar-refractivity contribution in [3.8, 4) is 11.5 Å². The highest BCUT2D eigenvalue weighted by Gasteiger charge is 2.23. The Morgan fingerprint density at radius 2 is 1.96 bits per heavy atom. The Bertz CT molecular complexity index is 663. The van der Waals surface area contributed by atoms with Crippen LogP contribution in [0.3, 0.4) is 0 Å². The first-order valence-corrected chi connectivity index (χ1v) is 7.64. The Kier molecular flexibility index (Phi) is 6.01. The molecule has 0 saturated carbocycles. The second-order valence-electron chi connectivity index (χ2n) is 5.58. The summed E-state index contributed by atoms with van der Waals surface area (Å²) in [4.78, 5) is 23.5. The van der Waals surface area contributed by atoms with Gasteiger partial charge in [0.05, 0.1) is 7.11 Å². The highest BCUT2D eigenvalue weighted by molar-refractivity contribution is 5.91. The van der Waals surface area contributed by atoms with E-state index >= 15 is 0 Å². The molecular weight excluding hydrogens is 310 g/mol.